The molecule has 0 unspecified atom stereocenters. The fourth-order valence-electron chi connectivity index (χ4n) is 3.68. The Morgan fingerprint density at radius 1 is 1.22 bits per heavy atom. The van der Waals surface area contributed by atoms with Crippen LogP contribution < -0.4 is 10.6 Å². The first kappa shape index (κ1) is 17.6. The SMILES string of the molecule is COC(=O)[C@@H](N)Cc1ccc(N2C(=O)C3(CC3)c3cc(F)c(F)cc32)cc1. The Labute approximate surface area is 154 Å². The van der Waals surface area contributed by atoms with Crippen LogP contribution in [0.4, 0.5) is 20.2 Å². The lowest BCUT2D eigenvalue weighted by molar-refractivity contribution is -0.142. The van der Waals surface area contributed by atoms with E-state index in [1.54, 1.807) is 24.3 Å². The predicted molar refractivity (Wildman–Crippen MR) is 94.6 cm³/mol. The minimum Gasteiger partial charge on any atom is -0.468 e. The largest absolute Gasteiger partial charge is 0.468 e. The summed E-state index contributed by atoms with van der Waals surface area (Å²) in [6.07, 6.45) is 1.56. The van der Waals surface area contributed by atoms with Gasteiger partial charge in [0.2, 0.25) is 5.91 Å². The minimum atomic E-state index is -0.982. The fourth-order valence-corrected chi connectivity index (χ4v) is 3.68. The highest BCUT2D eigenvalue weighted by atomic mass is 19.2. The second-order valence-corrected chi connectivity index (χ2v) is 7.01. The van der Waals surface area contributed by atoms with Crippen molar-refractivity contribution in [3.05, 3.63) is 59.2 Å². The molecule has 1 fully saturated rings. The van der Waals surface area contributed by atoms with Crippen molar-refractivity contribution in [3.63, 3.8) is 0 Å². The molecule has 1 spiro atoms. The molecule has 7 heteroatoms. The maximum Gasteiger partial charge on any atom is 0.322 e. The van der Waals surface area contributed by atoms with Crippen molar-refractivity contribution in [1.29, 1.82) is 0 Å². The van der Waals surface area contributed by atoms with Crippen LogP contribution in [0.25, 0.3) is 0 Å². The van der Waals surface area contributed by atoms with Crippen molar-refractivity contribution in [3.8, 4) is 0 Å². The molecule has 5 nitrogen and oxygen atoms in total. The molecule has 0 saturated heterocycles. The first-order chi connectivity index (χ1) is 12.9. The number of anilines is 2. The number of ether oxygens (including phenoxy) is 1. The Morgan fingerprint density at radius 2 is 1.85 bits per heavy atom. The van der Waals surface area contributed by atoms with Gasteiger partial charge in [-0.1, -0.05) is 12.1 Å². The summed E-state index contributed by atoms with van der Waals surface area (Å²) < 4.78 is 32.1. The van der Waals surface area contributed by atoms with Crippen LogP contribution in [0, 0.1) is 11.6 Å². The summed E-state index contributed by atoms with van der Waals surface area (Å²) in [5.74, 6) is -2.59. The summed E-state index contributed by atoms with van der Waals surface area (Å²) in [4.78, 5) is 25.8. The lowest BCUT2D eigenvalue weighted by Gasteiger charge is -2.19. The molecule has 1 amide bonds. The van der Waals surface area contributed by atoms with Crippen LogP contribution in [0.15, 0.2) is 36.4 Å². The molecule has 4 rings (SSSR count). The first-order valence-corrected chi connectivity index (χ1v) is 8.64. The summed E-state index contributed by atoms with van der Waals surface area (Å²) in [5, 5.41) is 0. The van der Waals surface area contributed by atoms with Gasteiger partial charge in [0.1, 0.15) is 6.04 Å². The van der Waals surface area contributed by atoms with E-state index in [4.69, 9.17) is 5.73 Å². The summed E-state index contributed by atoms with van der Waals surface area (Å²) in [6, 6.07) is 8.37. The van der Waals surface area contributed by atoms with Gasteiger partial charge in [0.25, 0.3) is 0 Å². The summed E-state index contributed by atoms with van der Waals surface area (Å²) in [5.41, 5.74) is 7.33. The molecule has 1 aliphatic heterocycles. The standard InChI is InChI=1S/C20H18F2N2O3/c1-27-18(25)16(23)8-11-2-4-12(5-3-11)24-17-10-15(22)14(21)9-13(17)20(6-7-20)19(24)26/h2-5,9-10,16H,6-8,23H2,1H3/t16-/m0/s1. The topological polar surface area (TPSA) is 72.6 Å². The number of benzene rings is 2. The average molecular weight is 372 g/mol. The molecule has 0 bridgehead atoms. The van der Waals surface area contributed by atoms with Gasteiger partial charge in [-0.15, -0.1) is 0 Å². The van der Waals surface area contributed by atoms with Gasteiger partial charge in [0, 0.05) is 11.8 Å². The number of amides is 1. The highest BCUT2D eigenvalue weighted by Gasteiger charge is 2.59. The van der Waals surface area contributed by atoms with Gasteiger partial charge in [0.05, 0.1) is 18.2 Å². The zero-order chi connectivity index (χ0) is 19.3. The zero-order valence-electron chi connectivity index (χ0n) is 14.7. The quantitative estimate of drug-likeness (QED) is 0.838. The number of methoxy groups -OCH3 is 1. The average Bonchev–Trinajstić information content (AvgIpc) is 3.43. The zero-order valence-corrected chi connectivity index (χ0v) is 14.7. The van der Waals surface area contributed by atoms with E-state index in [1.165, 1.54) is 12.0 Å². The van der Waals surface area contributed by atoms with Gasteiger partial charge in [-0.25, -0.2) is 8.78 Å². The number of esters is 1. The Balaban J connectivity index is 1.66. The highest BCUT2D eigenvalue weighted by Crippen LogP contribution is 2.59. The summed E-state index contributed by atoms with van der Waals surface area (Å²) >= 11 is 0. The van der Waals surface area contributed by atoms with Crippen LogP contribution in [0.1, 0.15) is 24.0 Å². The Bertz CT molecular complexity index is 939. The van der Waals surface area contributed by atoms with E-state index in [2.05, 4.69) is 4.74 Å². The molecule has 2 aliphatic rings. The molecule has 2 aromatic carbocycles. The van der Waals surface area contributed by atoms with E-state index in [-0.39, 0.29) is 5.91 Å². The number of halogens is 2. The highest BCUT2D eigenvalue weighted by molar-refractivity contribution is 6.14. The number of carbonyl (C=O) groups is 2. The molecule has 1 atom stereocenters. The molecule has 0 radical (unpaired) electrons. The molecule has 1 aliphatic carbocycles. The predicted octanol–water partition coefficient (Wildman–Crippen LogP) is 2.72. The lowest BCUT2D eigenvalue weighted by Crippen LogP contribution is -2.33. The van der Waals surface area contributed by atoms with Crippen LogP contribution >= 0.6 is 0 Å². The number of hydrogen-bond donors (Lipinski definition) is 1. The molecule has 0 aromatic heterocycles. The molecule has 2 aromatic rings. The lowest BCUT2D eigenvalue weighted by atomic mass is 9.98. The van der Waals surface area contributed by atoms with E-state index >= 15 is 0 Å². The Hall–Kier alpha value is -2.80. The molecular formula is C20H18F2N2O3. The van der Waals surface area contributed by atoms with Crippen molar-refractivity contribution >= 4 is 23.3 Å². The number of rotatable bonds is 4. The second kappa shape index (κ2) is 6.13. The maximum absolute atomic E-state index is 13.8. The monoisotopic (exact) mass is 372 g/mol. The van der Waals surface area contributed by atoms with Crippen molar-refractivity contribution in [2.45, 2.75) is 30.7 Å². The van der Waals surface area contributed by atoms with Crippen molar-refractivity contribution in [2.75, 3.05) is 12.0 Å². The molecule has 2 N–H and O–H groups in total. The number of nitrogens with zero attached hydrogens (tertiary/aromatic N) is 1. The van der Waals surface area contributed by atoms with Gasteiger partial charge in [0.15, 0.2) is 11.6 Å². The molecule has 27 heavy (non-hydrogen) atoms. The van der Waals surface area contributed by atoms with E-state index in [0.29, 0.717) is 36.2 Å². The van der Waals surface area contributed by atoms with Gasteiger partial charge in [-0.3, -0.25) is 14.5 Å². The van der Waals surface area contributed by atoms with Gasteiger partial charge in [-0.05, 0) is 48.6 Å². The fraction of sp³-hybridized carbons (Fsp3) is 0.300. The molecule has 1 heterocycles. The van der Waals surface area contributed by atoms with E-state index < -0.39 is 29.1 Å². The maximum atomic E-state index is 13.8. The third kappa shape index (κ3) is 2.70. The summed E-state index contributed by atoms with van der Waals surface area (Å²) in [7, 11) is 1.28. The Kier molecular flexibility index (Phi) is 3.99. The van der Waals surface area contributed by atoms with Crippen molar-refractivity contribution in [2.24, 2.45) is 5.73 Å². The van der Waals surface area contributed by atoms with E-state index in [1.807, 2.05) is 0 Å². The smallest absolute Gasteiger partial charge is 0.322 e. The normalized spacial score (nSPS) is 17.8. The van der Waals surface area contributed by atoms with Crippen LogP contribution in [0.2, 0.25) is 0 Å². The molecule has 1 saturated carbocycles. The van der Waals surface area contributed by atoms with Crippen LogP contribution in [0.5, 0.6) is 0 Å². The Morgan fingerprint density at radius 3 is 2.44 bits per heavy atom. The number of nitrogens with two attached hydrogens (primary N) is 1. The van der Waals surface area contributed by atoms with Crippen LogP contribution in [-0.2, 0) is 26.2 Å². The van der Waals surface area contributed by atoms with Crippen molar-refractivity contribution < 1.29 is 23.1 Å². The van der Waals surface area contributed by atoms with Gasteiger partial charge >= 0.3 is 5.97 Å². The molecular weight excluding hydrogens is 354 g/mol. The third-order valence-corrected chi connectivity index (χ3v) is 5.31. The van der Waals surface area contributed by atoms with Crippen LogP contribution in [-0.4, -0.2) is 25.0 Å². The van der Waals surface area contributed by atoms with E-state index in [9.17, 15) is 18.4 Å². The molecule has 140 valence electrons. The van der Waals surface area contributed by atoms with Crippen LogP contribution in [0.3, 0.4) is 0 Å². The first-order valence-electron chi connectivity index (χ1n) is 8.64. The second-order valence-electron chi connectivity index (χ2n) is 7.01. The number of hydrogen-bond acceptors (Lipinski definition) is 4. The summed E-state index contributed by atoms with van der Waals surface area (Å²) in [6.45, 7) is 0. The third-order valence-electron chi connectivity index (χ3n) is 5.31. The van der Waals surface area contributed by atoms with Crippen molar-refractivity contribution in [1.82, 2.24) is 0 Å². The minimum absolute atomic E-state index is 0.165. The van der Waals surface area contributed by atoms with Gasteiger partial charge < -0.3 is 10.5 Å². The number of fused-ring (bicyclic) bond motifs is 2. The van der Waals surface area contributed by atoms with Gasteiger partial charge in [-0.2, -0.15) is 0 Å². The number of carbonyl (C=O) groups excluding carboxylic acids is 2. The van der Waals surface area contributed by atoms with E-state index in [0.717, 1.165) is 17.7 Å².